The molecule has 24 heavy (non-hydrogen) atoms. The molecule has 0 atom stereocenters. The van der Waals surface area contributed by atoms with E-state index in [1.165, 1.54) is 0 Å². The second-order valence-corrected chi connectivity index (χ2v) is 6.70. The van der Waals surface area contributed by atoms with E-state index < -0.39 is 0 Å². The van der Waals surface area contributed by atoms with Gasteiger partial charge in [0, 0.05) is 30.1 Å². The normalized spacial score (nSPS) is 15.1. The standard InChI is InChI=1S/C18H26ClN3O2/c1-13-15(19)3-2-4-16(13)22-18(24)9-12-21-17(23)6-5-14-7-10-20-11-8-14/h2-4,14,20H,5-12H2,1H3,(H,21,23)(H,22,24). The molecule has 0 unspecified atom stereocenters. The van der Waals surface area contributed by atoms with Crippen LogP contribution in [0.15, 0.2) is 18.2 Å². The summed E-state index contributed by atoms with van der Waals surface area (Å²) in [5.41, 5.74) is 1.56. The van der Waals surface area contributed by atoms with Gasteiger partial charge in [0.2, 0.25) is 11.8 Å². The van der Waals surface area contributed by atoms with E-state index >= 15 is 0 Å². The third-order valence-electron chi connectivity index (χ3n) is 4.45. The Bertz CT molecular complexity index is 571. The van der Waals surface area contributed by atoms with Crippen LogP contribution < -0.4 is 16.0 Å². The largest absolute Gasteiger partial charge is 0.356 e. The van der Waals surface area contributed by atoms with E-state index in [0.717, 1.165) is 37.9 Å². The second-order valence-electron chi connectivity index (χ2n) is 6.29. The fourth-order valence-corrected chi connectivity index (χ4v) is 3.04. The minimum absolute atomic E-state index is 0.0280. The first-order chi connectivity index (χ1) is 11.6. The van der Waals surface area contributed by atoms with E-state index in [1.807, 2.05) is 13.0 Å². The van der Waals surface area contributed by atoms with Crippen LogP contribution in [0.3, 0.4) is 0 Å². The molecule has 5 nitrogen and oxygen atoms in total. The van der Waals surface area contributed by atoms with Crippen molar-refractivity contribution in [3.63, 3.8) is 0 Å². The topological polar surface area (TPSA) is 70.2 Å². The summed E-state index contributed by atoms with van der Waals surface area (Å²) in [6, 6.07) is 5.40. The van der Waals surface area contributed by atoms with Crippen LogP contribution in [0.1, 0.15) is 37.7 Å². The highest BCUT2D eigenvalue weighted by Crippen LogP contribution is 2.23. The smallest absolute Gasteiger partial charge is 0.226 e. The highest BCUT2D eigenvalue weighted by Gasteiger charge is 2.14. The lowest BCUT2D eigenvalue weighted by atomic mass is 9.93. The maximum atomic E-state index is 12.0. The molecule has 132 valence electrons. The molecule has 1 heterocycles. The Hall–Kier alpha value is -1.59. The summed E-state index contributed by atoms with van der Waals surface area (Å²) in [6.45, 7) is 4.32. The Balaban J connectivity index is 1.63. The molecule has 1 saturated heterocycles. The predicted octanol–water partition coefficient (Wildman–Crippen LogP) is 2.87. The van der Waals surface area contributed by atoms with Gasteiger partial charge in [0.1, 0.15) is 0 Å². The lowest BCUT2D eigenvalue weighted by Crippen LogP contribution is -2.30. The van der Waals surface area contributed by atoms with Gasteiger partial charge in [-0.3, -0.25) is 9.59 Å². The Morgan fingerprint density at radius 2 is 1.96 bits per heavy atom. The fourth-order valence-electron chi connectivity index (χ4n) is 2.87. The molecule has 0 bridgehead atoms. The molecular formula is C18H26ClN3O2. The van der Waals surface area contributed by atoms with Crippen molar-refractivity contribution in [3.8, 4) is 0 Å². The Labute approximate surface area is 148 Å². The summed E-state index contributed by atoms with van der Waals surface area (Å²) in [5.74, 6) is 0.547. The fraction of sp³-hybridized carbons (Fsp3) is 0.556. The number of benzene rings is 1. The van der Waals surface area contributed by atoms with Crippen LogP contribution in [-0.2, 0) is 9.59 Å². The minimum atomic E-state index is -0.126. The quantitative estimate of drug-likeness (QED) is 0.707. The average molecular weight is 352 g/mol. The number of hydrogen-bond acceptors (Lipinski definition) is 3. The van der Waals surface area contributed by atoms with Crippen molar-refractivity contribution in [2.45, 2.75) is 39.0 Å². The Morgan fingerprint density at radius 1 is 1.21 bits per heavy atom. The highest BCUT2D eigenvalue weighted by molar-refractivity contribution is 6.31. The van der Waals surface area contributed by atoms with Crippen molar-refractivity contribution in [2.24, 2.45) is 5.92 Å². The molecule has 0 radical (unpaired) electrons. The summed E-state index contributed by atoms with van der Waals surface area (Å²) in [6.07, 6.45) is 4.02. The number of amides is 2. The summed E-state index contributed by atoms with van der Waals surface area (Å²) in [7, 11) is 0. The monoisotopic (exact) mass is 351 g/mol. The van der Waals surface area contributed by atoms with Crippen LogP contribution in [0.4, 0.5) is 5.69 Å². The first-order valence-electron chi connectivity index (χ1n) is 8.58. The van der Waals surface area contributed by atoms with Crippen LogP contribution >= 0.6 is 11.6 Å². The van der Waals surface area contributed by atoms with Gasteiger partial charge >= 0.3 is 0 Å². The number of carbonyl (C=O) groups excluding carboxylic acids is 2. The SMILES string of the molecule is Cc1c(Cl)cccc1NC(=O)CCNC(=O)CCC1CCNCC1. The maximum absolute atomic E-state index is 12.0. The van der Waals surface area contributed by atoms with E-state index in [0.29, 0.717) is 29.6 Å². The molecule has 2 rings (SSSR count). The zero-order valence-corrected chi connectivity index (χ0v) is 14.9. The maximum Gasteiger partial charge on any atom is 0.226 e. The third-order valence-corrected chi connectivity index (χ3v) is 4.86. The van der Waals surface area contributed by atoms with E-state index in [9.17, 15) is 9.59 Å². The van der Waals surface area contributed by atoms with Gasteiger partial charge < -0.3 is 16.0 Å². The zero-order chi connectivity index (χ0) is 17.4. The number of halogens is 1. The molecule has 1 aliphatic rings. The molecule has 1 fully saturated rings. The van der Waals surface area contributed by atoms with Crippen LogP contribution in [-0.4, -0.2) is 31.4 Å². The number of carbonyl (C=O) groups is 2. The minimum Gasteiger partial charge on any atom is -0.356 e. The molecule has 1 aliphatic heterocycles. The van der Waals surface area contributed by atoms with Gasteiger partial charge in [0.05, 0.1) is 0 Å². The molecule has 0 saturated carbocycles. The zero-order valence-electron chi connectivity index (χ0n) is 14.2. The number of hydrogen-bond donors (Lipinski definition) is 3. The summed E-state index contributed by atoms with van der Waals surface area (Å²) in [4.78, 5) is 23.8. The van der Waals surface area contributed by atoms with E-state index in [1.54, 1.807) is 12.1 Å². The van der Waals surface area contributed by atoms with E-state index in [-0.39, 0.29) is 18.2 Å². The number of nitrogens with one attached hydrogen (secondary N) is 3. The molecule has 0 spiro atoms. The number of rotatable bonds is 7. The van der Waals surface area contributed by atoms with Gasteiger partial charge in [-0.15, -0.1) is 0 Å². The molecule has 3 N–H and O–H groups in total. The van der Waals surface area contributed by atoms with E-state index in [2.05, 4.69) is 16.0 Å². The Kier molecular flexibility index (Phi) is 7.53. The molecule has 2 amide bonds. The van der Waals surface area contributed by atoms with Crippen LogP contribution in [0.25, 0.3) is 0 Å². The predicted molar refractivity (Wildman–Crippen MR) is 97.3 cm³/mol. The van der Waals surface area contributed by atoms with Gasteiger partial charge in [0.15, 0.2) is 0 Å². The molecule has 0 aromatic heterocycles. The van der Waals surface area contributed by atoms with Gasteiger partial charge in [-0.2, -0.15) is 0 Å². The van der Waals surface area contributed by atoms with Crippen LogP contribution in [0.2, 0.25) is 5.02 Å². The van der Waals surface area contributed by atoms with Gasteiger partial charge in [0.25, 0.3) is 0 Å². The molecule has 0 aliphatic carbocycles. The van der Waals surface area contributed by atoms with Crippen LogP contribution in [0, 0.1) is 12.8 Å². The molecule has 1 aromatic carbocycles. The number of anilines is 1. The lowest BCUT2D eigenvalue weighted by Gasteiger charge is -2.22. The molecule has 1 aromatic rings. The van der Waals surface area contributed by atoms with Crippen molar-refractivity contribution >= 4 is 29.1 Å². The van der Waals surface area contributed by atoms with Crippen molar-refractivity contribution in [3.05, 3.63) is 28.8 Å². The Morgan fingerprint density at radius 3 is 2.71 bits per heavy atom. The van der Waals surface area contributed by atoms with Crippen molar-refractivity contribution in [1.29, 1.82) is 0 Å². The van der Waals surface area contributed by atoms with Crippen molar-refractivity contribution < 1.29 is 9.59 Å². The summed E-state index contributed by atoms with van der Waals surface area (Å²) >= 11 is 6.03. The van der Waals surface area contributed by atoms with Crippen molar-refractivity contribution in [2.75, 3.05) is 25.0 Å². The first kappa shape index (κ1) is 18.7. The second kappa shape index (κ2) is 9.64. The number of piperidine rings is 1. The molecular weight excluding hydrogens is 326 g/mol. The van der Waals surface area contributed by atoms with Gasteiger partial charge in [-0.05, 0) is 62.9 Å². The van der Waals surface area contributed by atoms with Gasteiger partial charge in [-0.1, -0.05) is 17.7 Å². The summed E-state index contributed by atoms with van der Waals surface area (Å²) < 4.78 is 0. The van der Waals surface area contributed by atoms with Gasteiger partial charge in [-0.25, -0.2) is 0 Å². The first-order valence-corrected chi connectivity index (χ1v) is 8.96. The average Bonchev–Trinajstić information content (AvgIpc) is 2.58. The van der Waals surface area contributed by atoms with Crippen LogP contribution in [0.5, 0.6) is 0 Å². The van der Waals surface area contributed by atoms with Crippen molar-refractivity contribution in [1.82, 2.24) is 10.6 Å². The molecule has 6 heteroatoms. The third kappa shape index (κ3) is 6.13. The summed E-state index contributed by atoms with van der Waals surface area (Å²) in [5, 5.41) is 9.60. The lowest BCUT2D eigenvalue weighted by molar-refractivity contribution is -0.121. The van der Waals surface area contributed by atoms with E-state index in [4.69, 9.17) is 11.6 Å². The highest BCUT2D eigenvalue weighted by atomic mass is 35.5.